The molecule has 0 aliphatic rings. The quantitative estimate of drug-likeness (QED) is 0.873. The van der Waals surface area contributed by atoms with Crippen LogP contribution in [0.3, 0.4) is 0 Å². The van der Waals surface area contributed by atoms with Crippen LogP contribution in [0.5, 0.6) is 0 Å². The molecule has 0 aliphatic carbocycles. The monoisotopic (exact) mass is 257 g/mol. The highest BCUT2D eigenvalue weighted by atomic mass is 19.1. The minimum atomic E-state index is -0.695. The number of aryl methyl sites for hydroxylation is 1. The lowest BCUT2D eigenvalue weighted by Gasteiger charge is -2.34. The summed E-state index contributed by atoms with van der Waals surface area (Å²) in [5.41, 5.74) is -0.228. The third-order valence-corrected chi connectivity index (χ3v) is 3.11. The summed E-state index contributed by atoms with van der Waals surface area (Å²) in [4.78, 5) is 0. The summed E-state index contributed by atoms with van der Waals surface area (Å²) in [5.74, 6) is -1.06. The van der Waals surface area contributed by atoms with Gasteiger partial charge in [-0.25, -0.2) is 8.78 Å². The molecular weight excluding hydrogens is 236 g/mol. The molecule has 1 N–H and O–H groups in total. The van der Waals surface area contributed by atoms with Gasteiger partial charge in [-0.2, -0.15) is 0 Å². The maximum Gasteiger partial charge on any atom is 0.133 e. The number of ether oxygens (including phenoxy) is 1. The third kappa shape index (κ3) is 2.87. The summed E-state index contributed by atoms with van der Waals surface area (Å²) in [5, 5.41) is 2.95. The molecule has 0 fully saturated rings. The van der Waals surface area contributed by atoms with Gasteiger partial charge in [-0.15, -0.1) is 0 Å². The van der Waals surface area contributed by atoms with Gasteiger partial charge in [0.15, 0.2) is 0 Å². The van der Waals surface area contributed by atoms with Crippen molar-refractivity contribution in [1.82, 2.24) is 5.32 Å². The molecule has 1 rings (SSSR count). The standard InChI is InChI=1S/C14H21F2NO/c1-6-18-14(3,4)13(17-5)11-10(15)8-7-9(2)12(11)16/h7-8,13,17H,6H2,1-5H3. The van der Waals surface area contributed by atoms with Crippen molar-refractivity contribution in [2.24, 2.45) is 0 Å². The maximum atomic E-state index is 14.1. The van der Waals surface area contributed by atoms with Crippen LogP contribution < -0.4 is 5.32 Å². The highest BCUT2D eigenvalue weighted by molar-refractivity contribution is 5.31. The Labute approximate surface area is 107 Å². The van der Waals surface area contributed by atoms with E-state index >= 15 is 0 Å². The molecule has 1 unspecified atom stereocenters. The lowest BCUT2D eigenvalue weighted by Crippen LogP contribution is -2.41. The van der Waals surface area contributed by atoms with Crippen molar-refractivity contribution < 1.29 is 13.5 Å². The van der Waals surface area contributed by atoms with E-state index in [-0.39, 0.29) is 5.56 Å². The largest absolute Gasteiger partial charge is 0.374 e. The lowest BCUT2D eigenvalue weighted by atomic mass is 9.90. The average Bonchev–Trinajstić information content (AvgIpc) is 2.29. The molecule has 4 heteroatoms. The zero-order valence-electron chi connectivity index (χ0n) is 11.6. The van der Waals surface area contributed by atoms with Gasteiger partial charge in [0.1, 0.15) is 11.6 Å². The number of halogens is 2. The zero-order valence-corrected chi connectivity index (χ0v) is 11.6. The van der Waals surface area contributed by atoms with Crippen LogP contribution in [0.1, 0.15) is 37.9 Å². The number of rotatable bonds is 5. The number of hydrogen-bond acceptors (Lipinski definition) is 2. The maximum absolute atomic E-state index is 14.1. The van der Waals surface area contributed by atoms with Crippen LogP contribution >= 0.6 is 0 Å². The van der Waals surface area contributed by atoms with E-state index in [0.717, 1.165) is 0 Å². The summed E-state index contributed by atoms with van der Waals surface area (Å²) < 4.78 is 33.6. The Morgan fingerprint density at radius 3 is 2.44 bits per heavy atom. The molecule has 0 saturated heterocycles. The lowest BCUT2D eigenvalue weighted by molar-refractivity contribution is -0.0391. The molecule has 1 aromatic carbocycles. The molecule has 18 heavy (non-hydrogen) atoms. The van der Waals surface area contributed by atoms with Crippen molar-refractivity contribution in [3.05, 3.63) is 34.9 Å². The predicted molar refractivity (Wildman–Crippen MR) is 68.6 cm³/mol. The molecule has 1 aromatic rings. The summed E-state index contributed by atoms with van der Waals surface area (Å²) in [6.45, 7) is 7.61. The molecule has 0 heterocycles. The Bertz CT molecular complexity index is 419. The second kappa shape index (κ2) is 5.76. The van der Waals surface area contributed by atoms with Crippen molar-refractivity contribution in [3.63, 3.8) is 0 Å². The van der Waals surface area contributed by atoms with Crippen LogP contribution in [0.4, 0.5) is 8.78 Å². The van der Waals surface area contributed by atoms with E-state index in [1.54, 1.807) is 14.0 Å². The molecule has 2 nitrogen and oxygen atoms in total. The Kier molecular flexibility index (Phi) is 4.82. The van der Waals surface area contributed by atoms with Crippen LogP contribution in [0.2, 0.25) is 0 Å². The molecule has 0 spiro atoms. The highest BCUT2D eigenvalue weighted by Crippen LogP contribution is 2.33. The fraction of sp³-hybridized carbons (Fsp3) is 0.571. The van der Waals surface area contributed by atoms with E-state index < -0.39 is 23.3 Å². The molecule has 0 aliphatic heterocycles. The van der Waals surface area contributed by atoms with Crippen LogP contribution in [0, 0.1) is 18.6 Å². The number of hydrogen-bond donors (Lipinski definition) is 1. The van der Waals surface area contributed by atoms with Crippen LogP contribution in [0.15, 0.2) is 12.1 Å². The van der Waals surface area contributed by atoms with Crippen molar-refractivity contribution in [1.29, 1.82) is 0 Å². The van der Waals surface area contributed by atoms with Gasteiger partial charge in [-0.1, -0.05) is 6.07 Å². The molecule has 0 radical (unpaired) electrons. The Morgan fingerprint density at radius 1 is 1.33 bits per heavy atom. The SMILES string of the molecule is CCOC(C)(C)C(NC)c1c(F)ccc(C)c1F. The van der Waals surface area contributed by atoms with E-state index in [1.165, 1.54) is 12.1 Å². The molecule has 102 valence electrons. The first kappa shape index (κ1) is 15.1. The van der Waals surface area contributed by atoms with Gasteiger partial charge in [0.2, 0.25) is 0 Å². The number of benzene rings is 1. The van der Waals surface area contributed by atoms with E-state index in [0.29, 0.717) is 12.2 Å². The van der Waals surface area contributed by atoms with Crippen molar-refractivity contribution >= 4 is 0 Å². The Balaban J connectivity index is 3.29. The number of nitrogens with one attached hydrogen (secondary N) is 1. The molecule has 0 aromatic heterocycles. The van der Waals surface area contributed by atoms with Gasteiger partial charge in [0.25, 0.3) is 0 Å². The fourth-order valence-electron chi connectivity index (χ4n) is 2.24. The fourth-order valence-corrected chi connectivity index (χ4v) is 2.24. The zero-order chi connectivity index (χ0) is 13.9. The first-order valence-corrected chi connectivity index (χ1v) is 6.10. The van der Waals surface area contributed by atoms with E-state index in [9.17, 15) is 8.78 Å². The van der Waals surface area contributed by atoms with Gasteiger partial charge in [0.05, 0.1) is 11.6 Å². The predicted octanol–water partition coefficient (Wildman–Crippen LogP) is 3.35. The van der Waals surface area contributed by atoms with Crippen LogP contribution in [0.25, 0.3) is 0 Å². The smallest absolute Gasteiger partial charge is 0.133 e. The van der Waals surface area contributed by atoms with Crippen molar-refractivity contribution in [2.45, 2.75) is 39.3 Å². The molecular formula is C14H21F2NO. The van der Waals surface area contributed by atoms with Gasteiger partial charge in [-0.05, 0) is 46.4 Å². The Hall–Kier alpha value is -1.00. The molecule has 1 atom stereocenters. The van der Waals surface area contributed by atoms with E-state index in [2.05, 4.69) is 5.32 Å². The van der Waals surface area contributed by atoms with Gasteiger partial charge in [-0.3, -0.25) is 0 Å². The number of likely N-dealkylation sites (N-methyl/N-ethyl adjacent to an activating group) is 1. The van der Waals surface area contributed by atoms with Crippen LogP contribution in [-0.2, 0) is 4.74 Å². The summed E-state index contributed by atoms with van der Waals surface area (Å²) in [7, 11) is 1.67. The van der Waals surface area contributed by atoms with E-state index in [1.807, 2.05) is 20.8 Å². The molecule has 0 amide bonds. The summed E-state index contributed by atoms with van der Waals surface area (Å²) in [6.07, 6.45) is 0. The molecule has 0 saturated carbocycles. The normalized spacial score (nSPS) is 13.7. The van der Waals surface area contributed by atoms with Crippen molar-refractivity contribution in [2.75, 3.05) is 13.7 Å². The van der Waals surface area contributed by atoms with Gasteiger partial charge >= 0.3 is 0 Å². The molecule has 0 bridgehead atoms. The first-order chi connectivity index (χ1) is 8.35. The first-order valence-electron chi connectivity index (χ1n) is 6.10. The minimum Gasteiger partial charge on any atom is -0.374 e. The topological polar surface area (TPSA) is 21.3 Å². The van der Waals surface area contributed by atoms with Crippen LogP contribution in [-0.4, -0.2) is 19.3 Å². The van der Waals surface area contributed by atoms with Crippen molar-refractivity contribution in [3.8, 4) is 0 Å². The highest BCUT2D eigenvalue weighted by Gasteiger charge is 2.34. The average molecular weight is 257 g/mol. The van der Waals surface area contributed by atoms with Gasteiger partial charge < -0.3 is 10.1 Å². The van der Waals surface area contributed by atoms with E-state index in [4.69, 9.17) is 4.74 Å². The van der Waals surface area contributed by atoms with Gasteiger partial charge in [0, 0.05) is 12.2 Å². The second-order valence-electron chi connectivity index (χ2n) is 4.85. The second-order valence-corrected chi connectivity index (χ2v) is 4.85. The third-order valence-electron chi connectivity index (χ3n) is 3.11. The summed E-state index contributed by atoms with van der Waals surface area (Å²) in [6, 6.07) is 2.19. The Morgan fingerprint density at radius 2 is 1.94 bits per heavy atom. The minimum absolute atomic E-state index is 0.0379. The summed E-state index contributed by atoms with van der Waals surface area (Å²) >= 11 is 0.